The van der Waals surface area contributed by atoms with Crippen molar-refractivity contribution in [2.24, 2.45) is 4.99 Å². The van der Waals surface area contributed by atoms with Crippen LogP contribution in [-0.4, -0.2) is 26.6 Å². The number of nitrogen functional groups attached to an aromatic ring is 1. The summed E-state index contributed by atoms with van der Waals surface area (Å²) in [5.41, 5.74) is 5.75. The van der Waals surface area contributed by atoms with E-state index in [2.05, 4.69) is 23.1 Å². The Balaban J connectivity index is 3.44. The minimum atomic E-state index is -0.210. The zero-order chi connectivity index (χ0) is 12.1. The molecule has 1 aromatic heterocycles. The SMILES string of the molecule is C=CCN=c1c(O)c(CC=C)nc(N)n1O. The number of anilines is 1. The van der Waals surface area contributed by atoms with Crippen LogP contribution < -0.4 is 11.2 Å². The molecule has 0 aliphatic rings. The van der Waals surface area contributed by atoms with Crippen LogP contribution in [0.4, 0.5) is 5.95 Å². The fourth-order valence-electron chi connectivity index (χ4n) is 1.15. The number of rotatable bonds is 4. The fraction of sp³-hybridized carbons (Fsp3) is 0.200. The summed E-state index contributed by atoms with van der Waals surface area (Å²) in [5, 5.41) is 19.3. The predicted octanol–water partition coefficient (Wildman–Crippen LogP) is 0.223. The van der Waals surface area contributed by atoms with Gasteiger partial charge >= 0.3 is 0 Å². The molecular formula is C10H14N4O2. The second kappa shape index (κ2) is 5.01. The Kier molecular flexibility index (Phi) is 3.71. The lowest BCUT2D eigenvalue weighted by atomic mass is 10.3. The number of aromatic nitrogens is 2. The van der Waals surface area contributed by atoms with Crippen LogP contribution in [0.3, 0.4) is 0 Å². The van der Waals surface area contributed by atoms with Crippen LogP contribution in [0.1, 0.15) is 5.69 Å². The summed E-state index contributed by atoms with van der Waals surface area (Å²) < 4.78 is 0.533. The monoisotopic (exact) mass is 222 g/mol. The second-order valence-corrected chi connectivity index (χ2v) is 3.02. The molecule has 1 heterocycles. The van der Waals surface area contributed by atoms with Crippen LogP contribution in [0.5, 0.6) is 5.75 Å². The van der Waals surface area contributed by atoms with Gasteiger partial charge in [-0.15, -0.1) is 17.9 Å². The van der Waals surface area contributed by atoms with E-state index < -0.39 is 0 Å². The number of nitrogens with two attached hydrogens (primary N) is 1. The van der Waals surface area contributed by atoms with Crippen LogP contribution >= 0.6 is 0 Å². The smallest absolute Gasteiger partial charge is 0.236 e. The number of hydrogen-bond acceptors (Lipinski definition) is 5. The number of aromatic hydroxyl groups is 1. The first kappa shape index (κ1) is 11.8. The van der Waals surface area contributed by atoms with Crippen molar-refractivity contribution in [3.63, 3.8) is 0 Å². The minimum absolute atomic E-state index is 0.0377. The average molecular weight is 222 g/mol. The van der Waals surface area contributed by atoms with E-state index in [9.17, 15) is 10.3 Å². The van der Waals surface area contributed by atoms with Gasteiger partial charge in [0.15, 0.2) is 5.75 Å². The molecule has 0 aromatic carbocycles. The highest BCUT2D eigenvalue weighted by Gasteiger charge is 2.10. The molecule has 1 aromatic rings. The summed E-state index contributed by atoms with van der Waals surface area (Å²) in [4.78, 5) is 7.73. The van der Waals surface area contributed by atoms with Gasteiger partial charge in [-0.1, -0.05) is 12.2 Å². The third-order valence-corrected chi connectivity index (χ3v) is 1.86. The molecule has 0 unspecified atom stereocenters. The highest BCUT2D eigenvalue weighted by Crippen LogP contribution is 2.11. The van der Waals surface area contributed by atoms with Crippen molar-refractivity contribution in [2.45, 2.75) is 6.42 Å². The normalized spacial score (nSPS) is 11.4. The van der Waals surface area contributed by atoms with E-state index in [1.807, 2.05) is 0 Å². The standard InChI is InChI=1S/C10H14N4O2/c1-3-5-7-8(15)9(12-6-4-2)14(16)10(11)13-7/h3-4,15-16H,1-2,5-6H2,(H2,11,13). The molecule has 4 N–H and O–H groups in total. The van der Waals surface area contributed by atoms with Crippen molar-refractivity contribution in [3.8, 4) is 5.75 Å². The fourth-order valence-corrected chi connectivity index (χ4v) is 1.15. The largest absolute Gasteiger partial charge is 0.503 e. The molecule has 1 rings (SSSR count). The summed E-state index contributed by atoms with van der Waals surface area (Å²) in [6.45, 7) is 7.27. The van der Waals surface area contributed by atoms with Crippen LogP contribution in [0.15, 0.2) is 30.3 Å². The molecule has 16 heavy (non-hydrogen) atoms. The van der Waals surface area contributed by atoms with Crippen LogP contribution in [0, 0.1) is 0 Å². The molecule has 0 amide bonds. The molecular weight excluding hydrogens is 208 g/mol. The van der Waals surface area contributed by atoms with Gasteiger partial charge in [0.2, 0.25) is 11.4 Å². The Bertz CT molecular complexity index is 476. The summed E-state index contributed by atoms with van der Waals surface area (Å²) >= 11 is 0. The maximum absolute atomic E-state index is 9.78. The van der Waals surface area contributed by atoms with E-state index in [0.717, 1.165) is 0 Å². The summed E-state index contributed by atoms with van der Waals surface area (Å²) in [6.07, 6.45) is 3.44. The van der Waals surface area contributed by atoms with Crippen molar-refractivity contribution in [1.82, 2.24) is 9.71 Å². The topological polar surface area (TPSA) is 96.7 Å². The Hall–Kier alpha value is -2.24. The van der Waals surface area contributed by atoms with Crippen molar-refractivity contribution < 1.29 is 10.3 Å². The maximum atomic E-state index is 9.78. The lowest BCUT2D eigenvalue weighted by molar-refractivity contribution is 0.170. The van der Waals surface area contributed by atoms with Crippen LogP contribution in [0.25, 0.3) is 0 Å². The quantitative estimate of drug-likeness (QED) is 0.501. The lowest BCUT2D eigenvalue weighted by Gasteiger charge is -2.07. The molecule has 0 spiro atoms. The zero-order valence-corrected chi connectivity index (χ0v) is 8.80. The van der Waals surface area contributed by atoms with Crippen LogP contribution in [0.2, 0.25) is 0 Å². The van der Waals surface area contributed by atoms with Crippen molar-refractivity contribution >= 4 is 5.95 Å². The molecule has 0 aliphatic carbocycles. The van der Waals surface area contributed by atoms with E-state index in [-0.39, 0.29) is 23.7 Å². The first-order valence-corrected chi connectivity index (χ1v) is 4.63. The van der Waals surface area contributed by atoms with E-state index in [1.54, 1.807) is 6.08 Å². The molecule has 6 heteroatoms. The van der Waals surface area contributed by atoms with Gasteiger partial charge in [-0.2, -0.15) is 0 Å². The van der Waals surface area contributed by atoms with Gasteiger partial charge in [-0.05, 0) is 0 Å². The molecule has 0 atom stereocenters. The number of hydrogen-bond donors (Lipinski definition) is 3. The second-order valence-electron chi connectivity index (χ2n) is 3.02. The molecule has 0 bridgehead atoms. The van der Waals surface area contributed by atoms with Gasteiger partial charge < -0.3 is 16.0 Å². The summed E-state index contributed by atoms with van der Waals surface area (Å²) in [5.74, 6) is -0.351. The van der Waals surface area contributed by atoms with Gasteiger partial charge in [0.05, 0.1) is 12.2 Å². The van der Waals surface area contributed by atoms with E-state index in [4.69, 9.17) is 5.73 Å². The Morgan fingerprint density at radius 3 is 2.69 bits per heavy atom. The van der Waals surface area contributed by atoms with Gasteiger partial charge in [0.1, 0.15) is 0 Å². The minimum Gasteiger partial charge on any atom is -0.503 e. The third kappa shape index (κ3) is 2.22. The molecule has 86 valence electrons. The van der Waals surface area contributed by atoms with E-state index >= 15 is 0 Å². The summed E-state index contributed by atoms with van der Waals surface area (Å²) in [7, 11) is 0. The Morgan fingerprint density at radius 1 is 1.44 bits per heavy atom. The van der Waals surface area contributed by atoms with Gasteiger partial charge in [0, 0.05) is 6.42 Å². The van der Waals surface area contributed by atoms with Gasteiger partial charge in [0.25, 0.3) is 0 Å². The highest BCUT2D eigenvalue weighted by molar-refractivity contribution is 5.31. The number of allylic oxidation sites excluding steroid dienone is 1. The molecule has 6 nitrogen and oxygen atoms in total. The lowest BCUT2D eigenvalue weighted by Crippen LogP contribution is -2.25. The molecule has 0 aliphatic heterocycles. The Morgan fingerprint density at radius 2 is 2.12 bits per heavy atom. The summed E-state index contributed by atoms with van der Waals surface area (Å²) in [6, 6.07) is 0. The van der Waals surface area contributed by atoms with Crippen molar-refractivity contribution in [3.05, 3.63) is 36.5 Å². The van der Waals surface area contributed by atoms with Crippen LogP contribution in [-0.2, 0) is 6.42 Å². The first-order valence-electron chi connectivity index (χ1n) is 4.63. The Labute approximate surface area is 92.7 Å². The zero-order valence-electron chi connectivity index (χ0n) is 8.80. The molecule has 0 saturated carbocycles. The van der Waals surface area contributed by atoms with Gasteiger partial charge in [-0.3, -0.25) is 4.99 Å². The van der Waals surface area contributed by atoms with E-state index in [1.165, 1.54) is 6.08 Å². The first-order chi connectivity index (χ1) is 7.61. The molecule has 0 saturated heterocycles. The highest BCUT2D eigenvalue weighted by atomic mass is 16.5. The van der Waals surface area contributed by atoms with E-state index in [0.29, 0.717) is 16.8 Å². The predicted molar refractivity (Wildman–Crippen MR) is 60.0 cm³/mol. The van der Waals surface area contributed by atoms with Crippen molar-refractivity contribution in [1.29, 1.82) is 0 Å². The van der Waals surface area contributed by atoms with Gasteiger partial charge in [-0.25, -0.2) is 4.98 Å². The maximum Gasteiger partial charge on any atom is 0.236 e. The van der Waals surface area contributed by atoms with Crippen molar-refractivity contribution in [2.75, 3.05) is 12.3 Å². The molecule has 0 radical (unpaired) electrons. The number of nitrogens with zero attached hydrogens (tertiary/aromatic N) is 3. The molecule has 0 fully saturated rings. The average Bonchev–Trinajstić information content (AvgIpc) is 2.26. The third-order valence-electron chi connectivity index (χ3n) is 1.86.